The highest BCUT2D eigenvalue weighted by Gasteiger charge is 2.37. The van der Waals surface area contributed by atoms with Gasteiger partial charge in [-0.15, -0.1) is 11.3 Å². The number of fused-ring (bicyclic) bond motifs is 1. The number of hydrogen-bond acceptors (Lipinski definition) is 6. The molecule has 0 atom stereocenters. The maximum atomic E-state index is 11.5. The lowest BCUT2D eigenvalue weighted by Gasteiger charge is -2.29. The number of thiazole rings is 1. The van der Waals surface area contributed by atoms with Crippen LogP contribution >= 0.6 is 11.3 Å². The molecule has 0 radical (unpaired) electrons. The number of rotatable bonds is 6. The molecule has 0 saturated heterocycles. The van der Waals surface area contributed by atoms with Crippen LogP contribution in [0.15, 0.2) is 17.6 Å². The van der Waals surface area contributed by atoms with Crippen LogP contribution in [0.3, 0.4) is 0 Å². The van der Waals surface area contributed by atoms with Crippen LogP contribution in [0.5, 0.6) is 0 Å². The van der Waals surface area contributed by atoms with Gasteiger partial charge in [0.2, 0.25) is 0 Å². The molecule has 112 valence electrons. The van der Waals surface area contributed by atoms with Crippen LogP contribution in [0.2, 0.25) is 0 Å². The number of hydrogen-bond donors (Lipinski definition) is 2. The number of aliphatic carboxylic acids is 1. The Morgan fingerprint density at radius 1 is 1.48 bits per heavy atom. The molecule has 0 aliphatic carbocycles. The molecule has 0 unspecified atom stereocenters. The average Bonchev–Trinajstić information content (AvgIpc) is 2.91. The third kappa shape index (κ3) is 2.54. The van der Waals surface area contributed by atoms with Gasteiger partial charge in [0.15, 0.2) is 5.52 Å². The number of anilines is 1. The largest absolute Gasteiger partial charge is 0.480 e. The molecule has 0 bridgehead atoms. The van der Waals surface area contributed by atoms with Crippen LogP contribution in [-0.2, 0) is 4.79 Å². The number of nitrogens with one attached hydrogen (secondary N) is 1. The minimum Gasteiger partial charge on any atom is -0.480 e. The van der Waals surface area contributed by atoms with Gasteiger partial charge >= 0.3 is 11.7 Å². The molecule has 2 rings (SSSR count). The summed E-state index contributed by atoms with van der Waals surface area (Å²) in [6, 6.07) is 3.25. The number of nitro groups is 1. The first-order valence-corrected chi connectivity index (χ1v) is 7.35. The van der Waals surface area contributed by atoms with E-state index >= 15 is 0 Å². The highest BCUT2D eigenvalue weighted by atomic mass is 32.1. The molecular weight excluding hydrogens is 294 g/mol. The number of carbonyl (C=O) groups is 1. The van der Waals surface area contributed by atoms with Crippen LogP contribution in [-0.4, -0.2) is 26.5 Å². The Hall–Kier alpha value is -2.22. The smallest absolute Gasteiger partial charge is 0.329 e. The van der Waals surface area contributed by atoms with E-state index in [9.17, 15) is 20.0 Å². The fourth-order valence-corrected chi connectivity index (χ4v) is 2.92. The lowest BCUT2D eigenvalue weighted by molar-refractivity contribution is -0.382. The van der Waals surface area contributed by atoms with Gasteiger partial charge in [0, 0.05) is 0 Å². The SMILES string of the molecule is CCC(CC)(Nc1ccc2scnc2c1[N+](=O)[O-])C(=O)O. The Labute approximate surface area is 124 Å². The fourth-order valence-electron chi connectivity index (χ4n) is 2.24. The van der Waals surface area contributed by atoms with E-state index in [1.165, 1.54) is 16.8 Å². The van der Waals surface area contributed by atoms with Gasteiger partial charge in [0.05, 0.1) is 15.1 Å². The van der Waals surface area contributed by atoms with Crippen molar-refractivity contribution in [1.29, 1.82) is 0 Å². The Morgan fingerprint density at radius 2 is 2.14 bits per heavy atom. The molecule has 7 nitrogen and oxygen atoms in total. The molecule has 1 aromatic heterocycles. The summed E-state index contributed by atoms with van der Waals surface area (Å²) in [6.07, 6.45) is 0.621. The van der Waals surface area contributed by atoms with E-state index in [4.69, 9.17) is 0 Å². The second-order valence-corrected chi connectivity index (χ2v) is 5.52. The monoisotopic (exact) mass is 309 g/mol. The van der Waals surface area contributed by atoms with Crippen molar-refractivity contribution in [2.24, 2.45) is 0 Å². The highest BCUT2D eigenvalue weighted by molar-refractivity contribution is 7.16. The van der Waals surface area contributed by atoms with Gasteiger partial charge in [0.25, 0.3) is 0 Å². The predicted octanol–water partition coefficient (Wildman–Crippen LogP) is 3.26. The Balaban J connectivity index is 2.58. The molecule has 2 aromatic rings. The number of benzene rings is 1. The maximum absolute atomic E-state index is 11.5. The molecule has 0 aliphatic heterocycles. The van der Waals surface area contributed by atoms with Crippen molar-refractivity contribution in [3.05, 3.63) is 27.8 Å². The summed E-state index contributed by atoms with van der Waals surface area (Å²) >= 11 is 1.30. The van der Waals surface area contributed by atoms with Gasteiger partial charge in [0.1, 0.15) is 11.2 Å². The first kappa shape index (κ1) is 15.2. The van der Waals surface area contributed by atoms with Crippen molar-refractivity contribution < 1.29 is 14.8 Å². The number of nitrogens with zero attached hydrogens (tertiary/aromatic N) is 2. The maximum Gasteiger partial charge on any atom is 0.329 e. The van der Waals surface area contributed by atoms with Crippen LogP contribution < -0.4 is 5.32 Å². The van der Waals surface area contributed by atoms with Gasteiger partial charge in [-0.1, -0.05) is 13.8 Å². The van der Waals surface area contributed by atoms with Crippen molar-refractivity contribution in [2.45, 2.75) is 32.2 Å². The molecule has 0 spiro atoms. The quantitative estimate of drug-likeness (QED) is 0.626. The number of carboxylic acids is 1. The van der Waals surface area contributed by atoms with Gasteiger partial charge in [-0.2, -0.15) is 0 Å². The van der Waals surface area contributed by atoms with Gasteiger partial charge in [-0.25, -0.2) is 9.78 Å². The van der Waals surface area contributed by atoms with Crippen LogP contribution in [0.1, 0.15) is 26.7 Å². The van der Waals surface area contributed by atoms with Gasteiger partial charge < -0.3 is 10.4 Å². The Bertz CT molecular complexity index is 694. The normalized spacial score (nSPS) is 11.5. The van der Waals surface area contributed by atoms with Crippen molar-refractivity contribution >= 4 is 38.9 Å². The zero-order valence-electron chi connectivity index (χ0n) is 11.6. The van der Waals surface area contributed by atoms with E-state index in [-0.39, 0.29) is 16.9 Å². The molecular formula is C13H15N3O4S. The third-order valence-electron chi connectivity index (χ3n) is 3.65. The van der Waals surface area contributed by atoms with Crippen molar-refractivity contribution in [2.75, 3.05) is 5.32 Å². The highest BCUT2D eigenvalue weighted by Crippen LogP contribution is 2.36. The van der Waals surface area contributed by atoms with Crippen molar-refractivity contribution in [3.63, 3.8) is 0 Å². The summed E-state index contributed by atoms with van der Waals surface area (Å²) in [5.41, 5.74) is 0.590. The molecule has 0 saturated carbocycles. The lowest BCUT2D eigenvalue weighted by Crippen LogP contribution is -2.45. The van der Waals surface area contributed by atoms with Crippen LogP contribution in [0, 0.1) is 10.1 Å². The third-order valence-corrected chi connectivity index (χ3v) is 4.44. The zero-order chi connectivity index (χ0) is 15.6. The summed E-state index contributed by atoms with van der Waals surface area (Å²) in [5, 5.41) is 23.6. The van der Waals surface area contributed by atoms with E-state index < -0.39 is 16.4 Å². The second-order valence-electron chi connectivity index (χ2n) is 4.64. The Kier molecular flexibility index (Phi) is 4.08. The van der Waals surface area contributed by atoms with Gasteiger partial charge in [-0.3, -0.25) is 10.1 Å². The van der Waals surface area contributed by atoms with E-state index in [0.717, 1.165) is 0 Å². The van der Waals surface area contributed by atoms with Crippen LogP contribution in [0.25, 0.3) is 10.2 Å². The molecule has 0 fully saturated rings. The minimum atomic E-state index is -1.23. The topological polar surface area (TPSA) is 105 Å². The van der Waals surface area contributed by atoms with Gasteiger partial charge in [-0.05, 0) is 25.0 Å². The summed E-state index contributed by atoms with van der Waals surface area (Å²) < 4.78 is 0.696. The summed E-state index contributed by atoms with van der Waals surface area (Å²) in [6.45, 7) is 3.47. The number of carboxylic acid groups (broad SMARTS) is 1. The predicted molar refractivity (Wildman–Crippen MR) is 80.8 cm³/mol. The fraction of sp³-hybridized carbons (Fsp3) is 0.385. The minimum absolute atomic E-state index is 0.179. The summed E-state index contributed by atoms with van der Waals surface area (Å²) in [5.74, 6) is -1.03. The molecule has 1 aromatic carbocycles. The zero-order valence-corrected chi connectivity index (χ0v) is 12.4. The number of aromatic nitrogens is 1. The molecule has 8 heteroatoms. The number of nitro benzene ring substituents is 1. The van der Waals surface area contributed by atoms with E-state index in [0.29, 0.717) is 17.5 Å². The summed E-state index contributed by atoms with van der Waals surface area (Å²) in [7, 11) is 0. The lowest BCUT2D eigenvalue weighted by atomic mass is 9.92. The molecule has 0 aliphatic rings. The Morgan fingerprint density at radius 3 is 2.67 bits per heavy atom. The van der Waals surface area contributed by atoms with E-state index in [1.807, 2.05) is 0 Å². The van der Waals surface area contributed by atoms with E-state index in [1.54, 1.807) is 26.0 Å². The molecule has 1 heterocycles. The molecule has 2 N–H and O–H groups in total. The first-order chi connectivity index (χ1) is 9.95. The molecule has 0 amide bonds. The average molecular weight is 309 g/mol. The van der Waals surface area contributed by atoms with Crippen molar-refractivity contribution in [3.8, 4) is 0 Å². The first-order valence-electron chi connectivity index (χ1n) is 6.47. The molecule has 21 heavy (non-hydrogen) atoms. The second kappa shape index (κ2) is 5.65. The summed E-state index contributed by atoms with van der Waals surface area (Å²) in [4.78, 5) is 26.4. The van der Waals surface area contributed by atoms with Crippen LogP contribution in [0.4, 0.5) is 11.4 Å². The standard InChI is InChI=1S/C13H15N3O4S/c1-3-13(4-2,12(17)18)15-8-5-6-9-10(14-7-21-9)11(8)16(19)20/h5-7,15H,3-4H2,1-2H3,(H,17,18). The van der Waals surface area contributed by atoms with E-state index in [2.05, 4.69) is 10.3 Å². The van der Waals surface area contributed by atoms with Crippen molar-refractivity contribution in [1.82, 2.24) is 4.98 Å².